The van der Waals surface area contributed by atoms with E-state index in [9.17, 15) is 4.79 Å². The number of allylic oxidation sites excluding steroid dienone is 1. The fraction of sp³-hybridized carbons (Fsp3) is 0.222. The van der Waals surface area contributed by atoms with Gasteiger partial charge in [-0.3, -0.25) is 9.78 Å². The summed E-state index contributed by atoms with van der Waals surface area (Å²) in [7, 11) is 0. The zero-order chi connectivity index (χ0) is 16.5. The van der Waals surface area contributed by atoms with E-state index < -0.39 is 0 Å². The second-order valence-corrected chi connectivity index (χ2v) is 5.80. The largest absolute Gasteiger partial charge is 0.346 e. The van der Waals surface area contributed by atoms with Crippen LogP contribution in [0.2, 0.25) is 0 Å². The molecule has 0 spiro atoms. The smallest absolute Gasteiger partial charge is 0.240 e. The van der Waals surface area contributed by atoms with Crippen molar-refractivity contribution in [1.29, 1.82) is 5.26 Å². The highest BCUT2D eigenvalue weighted by Crippen LogP contribution is 2.33. The van der Waals surface area contributed by atoms with Gasteiger partial charge in [-0.1, -0.05) is 0 Å². The lowest BCUT2D eigenvalue weighted by Gasteiger charge is -2.25. The van der Waals surface area contributed by atoms with E-state index in [1.165, 1.54) is 0 Å². The van der Waals surface area contributed by atoms with Crippen molar-refractivity contribution in [1.82, 2.24) is 19.9 Å². The van der Waals surface area contributed by atoms with E-state index >= 15 is 0 Å². The average Bonchev–Trinajstić information content (AvgIpc) is 3.10. The van der Waals surface area contributed by atoms with Crippen molar-refractivity contribution in [2.75, 3.05) is 6.54 Å². The van der Waals surface area contributed by atoms with Crippen LogP contribution in [0.4, 0.5) is 0 Å². The number of aromatic nitrogens is 3. The molecule has 0 fully saturated rings. The van der Waals surface area contributed by atoms with Gasteiger partial charge in [0.15, 0.2) is 0 Å². The first-order valence-electron chi connectivity index (χ1n) is 7.86. The van der Waals surface area contributed by atoms with Gasteiger partial charge in [0, 0.05) is 35.9 Å². The van der Waals surface area contributed by atoms with Gasteiger partial charge in [-0.2, -0.15) is 5.26 Å². The van der Waals surface area contributed by atoms with Crippen LogP contribution in [0.3, 0.4) is 0 Å². The molecule has 1 amide bonds. The predicted octanol–water partition coefficient (Wildman–Crippen LogP) is 2.99. The van der Waals surface area contributed by atoms with E-state index in [0.717, 1.165) is 45.9 Å². The molecule has 3 aromatic rings. The average molecular weight is 317 g/mol. The van der Waals surface area contributed by atoms with Gasteiger partial charge in [-0.05, 0) is 36.1 Å². The molecule has 1 aliphatic rings. The lowest BCUT2D eigenvalue weighted by molar-refractivity contribution is -0.127. The zero-order valence-electron chi connectivity index (χ0n) is 13.0. The quantitative estimate of drug-likeness (QED) is 0.787. The van der Waals surface area contributed by atoms with Gasteiger partial charge in [0.2, 0.25) is 5.91 Å². The Hall–Kier alpha value is -3.20. The number of nitrogens with one attached hydrogen (secondary N) is 1. The Morgan fingerprint density at radius 1 is 1.38 bits per heavy atom. The number of rotatable bonds is 2. The van der Waals surface area contributed by atoms with Gasteiger partial charge < -0.3 is 9.88 Å². The van der Waals surface area contributed by atoms with Crippen molar-refractivity contribution < 1.29 is 4.79 Å². The van der Waals surface area contributed by atoms with E-state index in [4.69, 9.17) is 5.26 Å². The first-order chi connectivity index (χ1) is 11.8. The first kappa shape index (κ1) is 14.4. The summed E-state index contributed by atoms with van der Waals surface area (Å²) >= 11 is 0. The molecule has 0 saturated carbocycles. The maximum Gasteiger partial charge on any atom is 0.240 e. The Morgan fingerprint density at radius 2 is 2.29 bits per heavy atom. The Kier molecular flexibility index (Phi) is 3.47. The third-order valence-corrected chi connectivity index (χ3v) is 4.34. The summed E-state index contributed by atoms with van der Waals surface area (Å²) < 4.78 is 0. The Balaban J connectivity index is 1.88. The normalized spacial score (nSPS) is 14.6. The molecule has 0 atom stereocenters. The minimum absolute atomic E-state index is 0.0904. The number of carbonyl (C=O) groups excluding carboxylic acids is 1. The second kappa shape index (κ2) is 5.78. The number of carbonyl (C=O) groups is 1. The van der Waals surface area contributed by atoms with Crippen LogP contribution in [-0.2, 0) is 4.79 Å². The number of aromatic amines is 1. The highest BCUT2D eigenvalue weighted by Gasteiger charge is 2.19. The molecular formula is C18H15N5O. The van der Waals surface area contributed by atoms with Crippen molar-refractivity contribution in [2.24, 2.45) is 0 Å². The third kappa shape index (κ3) is 2.31. The van der Waals surface area contributed by atoms with E-state index in [-0.39, 0.29) is 12.3 Å². The van der Waals surface area contributed by atoms with Crippen molar-refractivity contribution in [3.8, 4) is 6.07 Å². The molecule has 4 heterocycles. The summed E-state index contributed by atoms with van der Waals surface area (Å²) in [4.78, 5) is 25.6. The second-order valence-electron chi connectivity index (χ2n) is 5.80. The summed E-state index contributed by atoms with van der Waals surface area (Å²) in [6.45, 7) is 0.661. The summed E-state index contributed by atoms with van der Waals surface area (Å²) in [6.07, 6.45) is 8.97. The van der Waals surface area contributed by atoms with Crippen LogP contribution in [-0.4, -0.2) is 32.3 Å². The molecule has 118 valence electrons. The lowest BCUT2D eigenvalue weighted by atomic mass is 9.95. The Bertz CT molecular complexity index is 1010. The van der Waals surface area contributed by atoms with Crippen molar-refractivity contribution >= 4 is 33.4 Å². The molecule has 0 unspecified atom stereocenters. The topological polar surface area (TPSA) is 85.7 Å². The SMILES string of the molecule is N#CCC(=O)N1C=C(c2ccnc3cnc4[nH]ccc4c23)CCC1. The molecule has 6 heteroatoms. The number of hydrogen-bond acceptors (Lipinski definition) is 4. The number of hydrogen-bond donors (Lipinski definition) is 1. The van der Waals surface area contributed by atoms with E-state index in [1.807, 2.05) is 30.6 Å². The number of amides is 1. The molecule has 0 aliphatic carbocycles. The van der Waals surface area contributed by atoms with Gasteiger partial charge in [0.05, 0.1) is 17.8 Å². The predicted molar refractivity (Wildman–Crippen MR) is 90.5 cm³/mol. The zero-order valence-corrected chi connectivity index (χ0v) is 13.0. The molecule has 0 bridgehead atoms. The van der Waals surface area contributed by atoms with Gasteiger partial charge in [0.25, 0.3) is 0 Å². The van der Waals surface area contributed by atoms with Crippen molar-refractivity contribution in [3.63, 3.8) is 0 Å². The van der Waals surface area contributed by atoms with Gasteiger partial charge in [-0.15, -0.1) is 0 Å². The standard InChI is InChI=1S/C18H15N5O/c19-6-3-16(24)23-9-1-2-12(11-23)13-4-7-20-15-10-22-18-14(17(13)15)5-8-21-18/h4-5,7-8,10-11H,1-3,9H2,(H,21,22). The van der Waals surface area contributed by atoms with Crippen molar-refractivity contribution in [2.45, 2.75) is 19.3 Å². The maximum absolute atomic E-state index is 12.0. The summed E-state index contributed by atoms with van der Waals surface area (Å²) in [6, 6.07) is 5.91. The molecular weight excluding hydrogens is 302 g/mol. The number of H-pyrrole nitrogens is 1. The molecule has 4 rings (SSSR count). The van der Waals surface area contributed by atoms with Crippen LogP contribution in [0.1, 0.15) is 24.8 Å². The Labute approximate surface area is 138 Å². The van der Waals surface area contributed by atoms with E-state index in [2.05, 4.69) is 15.0 Å². The highest BCUT2D eigenvalue weighted by atomic mass is 16.2. The summed E-state index contributed by atoms with van der Waals surface area (Å²) in [5.74, 6) is -0.151. The monoisotopic (exact) mass is 317 g/mol. The number of pyridine rings is 2. The van der Waals surface area contributed by atoms with Crippen molar-refractivity contribution in [3.05, 3.63) is 42.5 Å². The van der Waals surface area contributed by atoms with Crippen LogP contribution < -0.4 is 0 Å². The minimum Gasteiger partial charge on any atom is -0.346 e. The first-order valence-corrected chi connectivity index (χ1v) is 7.86. The van der Waals surface area contributed by atoms with Gasteiger partial charge in [0.1, 0.15) is 12.1 Å². The molecule has 0 radical (unpaired) electrons. The molecule has 1 aliphatic heterocycles. The summed E-state index contributed by atoms with van der Waals surface area (Å²) in [5, 5.41) is 10.8. The Morgan fingerprint density at radius 3 is 3.17 bits per heavy atom. The molecule has 0 saturated heterocycles. The van der Waals surface area contributed by atoms with Crippen LogP contribution in [0.5, 0.6) is 0 Å². The molecule has 1 N–H and O–H groups in total. The summed E-state index contributed by atoms with van der Waals surface area (Å²) in [5.41, 5.74) is 3.82. The fourth-order valence-corrected chi connectivity index (χ4v) is 3.25. The van der Waals surface area contributed by atoms with Crippen LogP contribution >= 0.6 is 0 Å². The van der Waals surface area contributed by atoms with Crippen LogP contribution in [0.25, 0.3) is 27.5 Å². The number of nitriles is 1. The molecule has 24 heavy (non-hydrogen) atoms. The number of nitrogens with zero attached hydrogens (tertiary/aromatic N) is 4. The fourth-order valence-electron chi connectivity index (χ4n) is 3.25. The maximum atomic E-state index is 12.0. The third-order valence-electron chi connectivity index (χ3n) is 4.34. The minimum atomic E-state index is -0.151. The van der Waals surface area contributed by atoms with Crippen LogP contribution in [0, 0.1) is 11.3 Å². The van der Waals surface area contributed by atoms with E-state index in [0.29, 0.717) is 6.54 Å². The van der Waals surface area contributed by atoms with E-state index in [1.54, 1.807) is 17.3 Å². The molecule has 0 aromatic carbocycles. The highest BCUT2D eigenvalue weighted by molar-refractivity contribution is 6.08. The van der Waals surface area contributed by atoms with Gasteiger partial charge in [-0.25, -0.2) is 4.98 Å². The number of fused-ring (bicyclic) bond motifs is 3. The van der Waals surface area contributed by atoms with Crippen LogP contribution in [0.15, 0.2) is 36.9 Å². The molecule has 3 aromatic heterocycles. The lowest BCUT2D eigenvalue weighted by Crippen LogP contribution is -2.29. The molecule has 6 nitrogen and oxygen atoms in total. The van der Waals surface area contributed by atoms with Gasteiger partial charge >= 0.3 is 0 Å².